The first kappa shape index (κ1) is 23.1. The summed E-state index contributed by atoms with van der Waals surface area (Å²) in [5.74, 6) is 0.940. The molecule has 7 heteroatoms. The minimum absolute atomic E-state index is 0.258. The van der Waals surface area contributed by atoms with Gasteiger partial charge in [0.25, 0.3) is 0 Å². The van der Waals surface area contributed by atoms with Gasteiger partial charge in [0.2, 0.25) is 0 Å². The summed E-state index contributed by atoms with van der Waals surface area (Å²) in [5, 5.41) is 11.4. The topological polar surface area (TPSA) is 60.7 Å². The molecule has 1 unspecified atom stereocenters. The van der Waals surface area contributed by atoms with Crippen LogP contribution in [0.5, 0.6) is 0 Å². The molecule has 0 amide bonds. The van der Waals surface area contributed by atoms with Gasteiger partial charge in [0.1, 0.15) is 0 Å². The minimum atomic E-state index is 0.258. The third-order valence-corrected chi connectivity index (χ3v) is 6.88. The van der Waals surface area contributed by atoms with Gasteiger partial charge in [0.05, 0.1) is 18.8 Å². The molecule has 2 aliphatic rings. The lowest BCUT2D eigenvalue weighted by atomic mass is 9.79. The molecule has 2 heterocycles. The zero-order valence-electron chi connectivity index (χ0n) is 19.7. The summed E-state index contributed by atoms with van der Waals surface area (Å²) in [6.45, 7) is 7.24. The molecule has 0 bridgehead atoms. The summed E-state index contributed by atoms with van der Waals surface area (Å²) in [6, 6.07) is 0.258. The second-order valence-corrected chi connectivity index (χ2v) is 9.34. The van der Waals surface area contributed by atoms with Gasteiger partial charge in [-0.25, -0.2) is 0 Å². The fourth-order valence-electron chi connectivity index (χ4n) is 5.12. The van der Waals surface area contributed by atoms with E-state index in [2.05, 4.69) is 52.7 Å². The van der Waals surface area contributed by atoms with Crippen molar-refractivity contribution in [3.8, 4) is 0 Å². The van der Waals surface area contributed by atoms with Crippen LogP contribution in [0.1, 0.15) is 69.9 Å². The Morgan fingerprint density at radius 3 is 2.43 bits per heavy atom. The van der Waals surface area contributed by atoms with Crippen molar-refractivity contribution in [1.82, 2.24) is 30.2 Å². The minimum Gasteiger partial charge on any atom is -0.357 e. The lowest BCUT2D eigenvalue weighted by molar-refractivity contribution is 0.0407. The van der Waals surface area contributed by atoms with E-state index in [9.17, 15) is 0 Å². The van der Waals surface area contributed by atoms with Gasteiger partial charge >= 0.3 is 0 Å². The number of likely N-dealkylation sites (N-methyl/N-ethyl adjacent to an activating group) is 1. The fourth-order valence-corrected chi connectivity index (χ4v) is 5.12. The maximum atomic E-state index is 5.13. The maximum Gasteiger partial charge on any atom is 0.191 e. The largest absolute Gasteiger partial charge is 0.357 e. The highest BCUT2D eigenvalue weighted by Gasteiger charge is 2.38. The van der Waals surface area contributed by atoms with E-state index in [0.717, 1.165) is 25.6 Å². The number of hydrogen-bond donors (Lipinski definition) is 2. The Kier molecular flexibility index (Phi) is 8.57. The van der Waals surface area contributed by atoms with E-state index in [4.69, 9.17) is 4.99 Å². The van der Waals surface area contributed by atoms with Crippen LogP contribution in [0.3, 0.4) is 0 Å². The number of hydrogen-bond acceptors (Lipinski definition) is 4. The number of likely N-dealkylation sites (tertiary alicyclic amines) is 1. The average Bonchev–Trinajstić information content (AvgIpc) is 3.19. The lowest BCUT2D eigenvalue weighted by Gasteiger charge is -2.47. The highest BCUT2D eigenvalue weighted by Crippen LogP contribution is 2.35. The van der Waals surface area contributed by atoms with E-state index in [1.54, 1.807) is 0 Å². The van der Waals surface area contributed by atoms with Crippen molar-refractivity contribution in [2.24, 2.45) is 12.0 Å². The number of aryl methyl sites for hydroxylation is 1. The SMILES string of the molecule is CCNC(=NCC1(N2CCCCC2)CCCCC1)NCC(c1cnn(C)c1)N(C)C. The van der Waals surface area contributed by atoms with Crippen LogP contribution >= 0.6 is 0 Å². The Labute approximate surface area is 183 Å². The molecular weight excluding hydrogens is 374 g/mol. The number of nitrogens with zero attached hydrogens (tertiary/aromatic N) is 5. The number of guanidine groups is 1. The molecule has 1 aliphatic heterocycles. The predicted molar refractivity (Wildman–Crippen MR) is 125 cm³/mol. The van der Waals surface area contributed by atoms with Gasteiger partial charge < -0.3 is 15.5 Å². The molecule has 1 atom stereocenters. The highest BCUT2D eigenvalue weighted by atomic mass is 15.3. The number of aliphatic imine (C=N–C) groups is 1. The van der Waals surface area contributed by atoms with Gasteiger partial charge in [-0.05, 0) is 59.8 Å². The van der Waals surface area contributed by atoms with Crippen LogP contribution in [0.25, 0.3) is 0 Å². The second-order valence-electron chi connectivity index (χ2n) is 9.34. The van der Waals surface area contributed by atoms with Gasteiger partial charge in [0.15, 0.2) is 5.96 Å². The number of nitrogens with one attached hydrogen (secondary N) is 2. The van der Waals surface area contributed by atoms with Crippen molar-refractivity contribution in [2.45, 2.75) is 69.9 Å². The van der Waals surface area contributed by atoms with Crippen molar-refractivity contribution in [3.05, 3.63) is 18.0 Å². The zero-order valence-corrected chi connectivity index (χ0v) is 19.7. The van der Waals surface area contributed by atoms with E-state index < -0.39 is 0 Å². The molecule has 7 nitrogen and oxygen atoms in total. The van der Waals surface area contributed by atoms with Gasteiger partial charge in [-0.3, -0.25) is 14.6 Å². The molecule has 1 aliphatic carbocycles. The van der Waals surface area contributed by atoms with Crippen LogP contribution in [0.2, 0.25) is 0 Å². The van der Waals surface area contributed by atoms with Crippen molar-refractivity contribution >= 4 is 5.96 Å². The molecule has 1 saturated carbocycles. The van der Waals surface area contributed by atoms with Crippen LogP contribution in [-0.4, -0.2) is 77.9 Å². The monoisotopic (exact) mass is 417 g/mol. The van der Waals surface area contributed by atoms with Crippen molar-refractivity contribution < 1.29 is 0 Å². The molecular formula is C23H43N7. The summed E-state index contributed by atoms with van der Waals surface area (Å²) in [6.07, 6.45) is 14.8. The first-order valence-electron chi connectivity index (χ1n) is 12.0. The summed E-state index contributed by atoms with van der Waals surface area (Å²) in [5.41, 5.74) is 1.49. The van der Waals surface area contributed by atoms with E-state index >= 15 is 0 Å². The summed E-state index contributed by atoms with van der Waals surface area (Å²) < 4.78 is 1.87. The van der Waals surface area contributed by atoms with E-state index in [1.807, 2.05) is 17.9 Å². The van der Waals surface area contributed by atoms with Crippen LogP contribution in [-0.2, 0) is 7.05 Å². The molecule has 170 valence electrons. The lowest BCUT2D eigenvalue weighted by Crippen LogP contribution is -2.54. The molecule has 2 N–H and O–H groups in total. The summed E-state index contributed by atoms with van der Waals surface area (Å²) in [4.78, 5) is 10.1. The quantitative estimate of drug-likeness (QED) is 0.503. The van der Waals surface area contributed by atoms with Gasteiger partial charge in [0, 0.05) is 37.4 Å². The standard InChI is InChI=1S/C23H43N7/c1-5-24-22(25-17-21(28(2)3)20-16-27-29(4)18-20)26-19-23(12-8-6-9-13-23)30-14-10-7-11-15-30/h16,18,21H,5-15,17,19H2,1-4H3,(H2,24,25,26). The van der Waals surface area contributed by atoms with Crippen molar-refractivity contribution in [3.63, 3.8) is 0 Å². The molecule has 3 rings (SSSR count). The molecule has 0 aromatic carbocycles. The molecule has 1 saturated heterocycles. The Morgan fingerprint density at radius 1 is 1.13 bits per heavy atom. The summed E-state index contributed by atoms with van der Waals surface area (Å²) in [7, 11) is 6.22. The highest BCUT2D eigenvalue weighted by molar-refractivity contribution is 5.79. The number of piperidine rings is 1. The Bertz CT molecular complexity index is 654. The number of rotatable bonds is 8. The molecule has 1 aromatic rings. The van der Waals surface area contributed by atoms with Gasteiger partial charge in [-0.1, -0.05) is 25.7 Å². The first-order valence-corrected chi connectivity index (χ1v) is 12.0. The van der Waals surface area contributed by atoms with Gasteiger partial charge in [-0.2, -0.15) is 5.10 Å². The Hall–Kier alpha value is -1.60. The van der Waals surface area contributed by atoms with E-state index in [0.29, 0.717) is 0 Å². The van der Waals surface area contributed by atoms with E-state index in [1.165, 1.54) is 70.0 Å². The molecule has 0 spiro atoms. The van der Waals surface area contributed by atoms with Crippen LogP contribution < -0.4 is 10.6 Å². The predicted octanol–water partition coefficient (Wildman–Crippen LogP) is 2.77. The first-order chi connectivity index (χ1) is 14.5. The van der Waals surface area contributed by atoms with Crippen LogP contribution in [0, 0.1) is 0 Å². The number of aromatic nitrogens is 2. The third kappa shape index (κ3) is 5.97. The molecule has 2 fully saturated rings. The Morgan fingerprint density at radius 2 is 1.83 bits per heavy atom. The van der Waals surface area contributed by atoms with E-state index in [-0.39, 0.29) is 11.6 Å². The van der Waals surface area contributed by atoms with Crippen LogP contribution in [0.15, 0.2) is 17.4 Å². The average molecular weight is 418 g/mol. The van der Waals surface area contributed by atoms with Crippen molar-refractivity contribution in [1.29, 1.82) is 0 Å². The zero-order chi connectivity index (χ0) is 21.4. The molecule has 30 heavy (non-hydrogen) atoms. The second kappa shape index (κ2) is 11.1. The molecule has 0 radical (unpaired) electrons. The Balaban J connectivity index is 1.68. The normalized spacial score (nSPS) is 21.6. The van der Waals surface area contributed by atoms with Crippen LogP contribution in [0.4, 0.5) is 0 Å². The van der Waals surface area contributed by atoms with Gasteiger partial charge in [-0.15, -0.1) is 0 Å². The smallest absolute Gasteiger partial charge is 0.191 e. The van der Waals surface area contributed by atoms with Crippen molar-refractivity contribution in [2.75, 3.05) is 46.8 Å². The fraction of sp³-hybridized carbons (Fsp3) is 0.826. The third-order valence-electron chi connectivity index (χ3n) is 6.88. The summed E-state index contributed by atoms with van der Waals surface area (Å²) >= 11 is 0. The molecule has 1 aromatic heterocycles. The maximum absolute atomic E-state index is 5.13.